The lowest BCUT2D eigenvalue weighted by molar-refractivity contribution is 0.688. The molecule has 3 rings (SSSR count). The van der Waals surface area contributed by atoms with Crippen LogP contribution in [0.2, 0.25) is 0 Å². The van der Waals surface area contributed by atoms with E-state index in [0.29, 0.717) is 0 Å². The molecule has 114 valence electrons. The first-order valence-electron chi connectivity index (χ1n) is 7.98. The fourth-order valence-corrected chi connectivity index (χ4v) is 2.88. The Bertz CT molecular complexity index is 786. The normalized spacial score (nSPS) is 11.2. The SMILES string of the molecule is CCCCc1nc2c(N)cccc2n1Cc1ccccc1C. The topological polar surface area (TPSA) is 43.8 Å². The third kappa shape index (κ3) is 2.71. The van der Waals surface area contributed by atoms with Crippen LogP contribution in [0.15, 0.2) is 42.5 Å². The van der Waals surface area contributed by atoms with E-state index in [4.69, 9.17) is 10.7 Å². The number of unbranched alkanes of at least 4 members (excludes halogenated alkanes) is 1. The van der Waals surface area contributed by atoms with Gasteiger partial charge in [-0.3, -0.25) is 0 Å². The van der Waals surface area contributed by atoms with Crippen molar-refractivity contribution in [1.82, 2.24) is 9.55 Å². The van der Waals surface area contributed by atoms with Crippen molar-refractivity contribution in [2.75, 3.05) is 5.73 Å². The van der Waals surface area contributed by atoms with E-state index in [1.54, 1.807) is 0 Å². The van der Waals surface area contributed by atoms with Gasteiger partial charge in [0.2, 0.25) is 0 Å². The van der Waals surface area contributed by atoms with E-state index in [0.717, 1.165) is 41.9 Å². The van der Waals surface area contributed by atoms with E-state index in [1.807, 2.05) is 12.1 Å². The monoisotopic (exact) mass is 293 g/mol. The number of anilines is 1. The summed E-state index contributed by atoms with van der Waals surface area (Å²) in [6.45, 7) is 5.23. The van der Waals surface area contributed by atoms with Crippen LogP contribution in [0.25, 0.3) is 11.0 Å². The summed E-state index contributed by atoms with van der Waals surface area (Å²) in [7, 11) is 0. The molecule has 0 atom stereocenters. The number of rotatable bonds is 5. The Hall–Kier alpha value is -2.29. The van der Waals surface area contributed by atoms with Gasteiger partial charge in [-0.25, -0.2) is 4.98 Å². The maximum Gasteiger partial charge on any atom is 0.112 e. The van der Waals surface area contributed by atoms with Gasteiger partial charge >= 0.3 is 0 Å². The van der Waals surface area contributed by atoms with E-state index in [-0.39, 0.29) is 0 Å². The van der Waals surface area contributed by atoms with Gasteiger partial charge in [0.15, 0.2) is 0 Å². The minimum absolute atomic E-state index is 0.763. The highest BCUT2D eigenvalue weighted by Crippen LogP contribution is 2.24. The van der Waals surface area contributed by atoms with Crippen LogP contribution in [0.3, 0.4) is 0 Å². The molecule has 3 nitrogen and oxygen atoms in total. The molecule has 0 amide bonds. The third-order valence-electron chi connectivity index (χ3n) is 4.23. The Balaban J connectivity index is 2.09. The molecule has 3 aromatic rings. The van der Waals surface area contributed by atoms with Crippen molar-refractivity contribution < 1.29 is 0 Å². The van der Waals surface area contributed by atoms with Crippen molar-refractivity contribution in [1.29, 1.82) is 0 Å². The lowest BCUT2D eigenvalue weighted by Crippen LogP contribution is -2.06. The van der Waals surface area contributed by atoms with Crippen LogP contribution in [0.1, 0.15) is 36.7 Å². The lowest BCUT2D eigenvalue weighted by Gasteiger charge is -2.11. The molecule has 0 unspecified atom stereocenters. The number of hydrogen-bond acceptors (Lipinski definition) is 2. The number of benzene rings is 2. The summed E-state index contributed by atoms with van der Waals surface area (Å²) in [5.41, 5.74) is 11.6. The van der Waals surface area contributed by atoms with Crippen molar-refractivity contribution in [3.8, 4) is 0 Å². The molecule has 0 spiro atoms. The summed E-state index contributed by atoms with van der Waals surface area (Å²) in [5.74, 6) is 1.14. The Labute approximate surface area is 131 Å². The largest absolute Gasteiger partial charge is 0.397 e. The van der Waals surface area contributed by atoms with Crippen molar-refractivity contribution in [2.45, 2.75) is 39.7 Å². The summed E-state index contributed by atoms with van der Waals surface area (Å²) in [6, 6.07) is 14.6. The van der Waals surface area contributed by atoms with Gasteiger partial charge in [0, 0.05) is 13.0 Å². The molecule has 0 saturated heterocycles. The van der Waals surface area contributed by atoms with E-state index in [9.17, 15) is 0 Å². The molecule has 0 aliphatic heterocycles. The van der Waals surface area contributed by atoms with Gasteiger partial charge in [0.05, 0.1) is 11.2 Å². The van der Waals surface area contributed by atoms with Gasteiger partial charge in [0.1, 0.15) is 11.3 Å². The van der Waals surface area contributed by atoms with Gasteiger partial charge in [-0.2, -0.15) is 0 Å². The summed E-state index contributed by atoms with van der Waals surface area (Å²) >= 11 is 0. The molecular formula is C19H23N3. The first-order chi connectivity index (χ1) is 10.7. The summed E-state index contributed by atoms with van der Waals surface area (Å²) in [5, 5.41) is 0. The van der Waals surface area contributed by atoms with Crippen LogP contribution >= 0.6 is 0 Å². The zero-order chi connectivity index (χ0) is 15.5. The molecule has 3 heteroatoms. The molecular weight excluding hydrogens is 270 g/mol. The van der Waals surface area contributed by atoms with Gasteiger partial charge in [-0.05, 0) is 36.6 Å². The Morgan fingerprint density at radius 2 is 1.91 bits per heavy atom. The van der Waals surface area contributed by atoms with Gasteiger partial charge in [0.25, 0.3) is 0 Å². The summed E-state index contributed by atoms with van der Waals surface area (Å²) in [4.78, 5) is 4.81. The average molecular weight is 293 g/mol. The molecule has 2 N–H and O–H groups in total. The first-order valence-corrected chi connectivity index (χ1v) is 7.98. The van der Waals surface area contributed by atoms with E-state index in [2.05, 4.69) is 48.7 Å². The average Bonchev–Trinajstić information content (AvgIpc) is 2.87. The molecule has 0 saturated carbocycles. The van der Waals surface area contributed by atoms with Crippen LogP contribution in [0, 0.1) is 6.92 Å². The molecule has 1 aromatic heterocycles. The standard InChI is InChI=1S/C19H23N3/c1-3-4-12-18-21-19-16(20)10-7-11-17(19)22(18)13-15-9-6-5-8-14(15)2/h5-11H,3-4,12-13,20H2,1-2H3. The molecule has 0 fully saturated rings. The number of hydrogen-bond donors (Lipinski definition) is 1. The molecule has 0 aliphatic carbocycles. The molecule has 0 bridgehead atoms. The van der Waals surface area contributed by atoms with Gasteiger partial charge in [-0.1, -0.05) is 43.7 Å². The first kappa shape index (κ1) is 14.6. The quantitative estimate of drug-likeness (QED) is 0.712. The zero-order valence-corrected chi connectivity index (χ0v) is 13.3. The Morgan fingerprint density at radius 3 is 2.68 bits per heavy atom. The summed E-state index contributed by atoms with van der Waals surface area (Å²) in [6.07, 6.45) is 3.32. The third-order valence-corrected chi connectivity index (χ3v) is 4.23. The second-order valence-electron chi connectivity index (χ2n) is 5.86. The number of nitrogen functional groups attached to an aromatic ring is 1. The number of nitrogens with zero attached hydrogens (tertiary/aromatic N) is 2. The van der Waals surface area contributed by atoms with Crippen LogP contribution in [0.5, 0.6) is 0 Å². The highest BCUT2D eigenvalue weighted by Gasteiger charge is 2.13. The zero-order valence-electron chi connectivity index (χ0n) is 13.3. The Kier molecular flexibility index (Phi) is 4.14. The maximum absolute atomic E-state index is 6.11. The molecule has 0 aliphatic rings. The van der Waals surface area contributed by atoms with Crippen molar-refractivity contribution in [3.63, 3.8) is 0 Å². The minimum atomic E-state index is 0.763. The van der Waals surface area contributed by atoms with E-state index in [1.165, 1.54) is 17.5 Å². The van der Waals surface area contributed by atoms with Crippen LogP contribution in [-0.4, -0.2) is 9.55 Å². The van der Waals surface area contributed by atoms with Crippen molar-refractivity contribution in [3.05, 3.63) is 59.4 Å². The number of imidazole rings is 1. The molecule has 1 heterocycles. The lowest BCUT2D eigenvalue weighted by atomic mass is 10.1. The predicted octanol–water partition coefficient (Wildman–Crippen LogP) is 4.32. The van der Waals surface area contributed by atoms with Gasteiger partial charge < -0.3 is 10.3 Å². The minimum Gasteiger partial charge on any atom is -0.397 e. The van der Waals surface area contributed by atoms with Gasteiger partial charge in [-0.15, -0.1) is 0 Å². The number of para-hydroxylation sites is 1. The number of nitrogens with two attached hydrogens (primary N) is 1. The maximum atomic E-state index is 6.11. The van der Waals surface area contributed by atoms with Crippen molar-refractivity contribution >= 4 is 16.7 Å². The molecule has 22 heavy (non-hydrogen) atoms. The summed E-state index contributed by atoms with van der Waals surface area (Å²) < 4.78 is 2.32. The smallest absolute Gasteiger partial charge is 0.112 e. The van der Waals surface area contributed by atoms with E-state index < -0.39 is 0 Å². The number of fused-ring (bicyclic) bond motifs is 1. The van der Waals surface area contributed by atoms with Crippen LogP contribution in [0.4, 0.5) is 5.69 Å². The highest BCUT2D eigenvalue weighted by atomic mass is 15.1. The predicted molar refractivity (Wildman–Crippen MR) is 93.0 cm³/mol. The van der Waals surface area contributed by atoms with Crippen LogP contribution in [-0.2, 0) is 13.0 Å². The second kappa shape index (κ2) is 6.22. The highest BCUT2D eigenvalue weighted by molar-refractivity contribution is 5.87. The molecule has 0 radical (unpaired) electrons. The number of aromatic nitrogens is 2. The van der Waals surface area contributed by atoms with Crippen molar-refractivity contribution in [2.24, 2.45) is 0 Å². The second-order valence-corrected chi connectivity index (χ2v) is 5.86. The Morgan fingerprint density at radius 1 is 1.09 bits per heavy atom. The fraction of sp³-hybridized carbons (Fsp3) is 0.316. The van der Waals surface area contributed by atoms with E-state index >= 15 is 0 Å². The fourth-order valence-electron chi connectivity index (χ4n) is 2.88. The van der Waals surface area contributed by atoms with Crippen LogP contribution < -0.4 is 5.73 Å². The number of aryl methyl sites for hydroxylation is 2. The molecule has 2 aromatic carbocycles.